The molecule has 2 aromatic carbocycles. The van der Waals surface area contributed by atoms with Crippen molar-refractivity contribution in [2.24, 2.45) is 0 Å². The maximum Gasteiger partial charge on any atom is 0.180 e. The highest BCUT2D eigenvalue weighted by molar-refractivity contribution is 6.32. The second-order valence-electron chi connectivity index (χ2n) is 6.29. The van der Waals surface area contributed by atoms with Crippen molar-refractivity contribution in [2.45, 2.75) is 26.6 Å². The Balaban J connectivity index is 1.70. The second-order valence-corrected chi connectivity index (χ2v) is 7.10. The van der Waals surface area contributed by atoms with Crippen LogP contribution in [0, 0.1) is 5.82 Å². The molecule has 0 aliphatic heterocycles. The lowest BCUT2D eigenvalue weighted by Gasteiger charge is -2.16. The Morgan fingerprint density at radius 3 is 2.59 bits per heavy atom. The quantitative estimate of drug-likeness (QED) is 0.462. The predicted octanol–water partition coefficient (Wildman–Crippen LogP) is 5.80. The molecule has 0 spiro atoms. The SMILES string of the molecule is CCOc1cc(CNCc2ccccn2)cc(Cl)c1OCc1ccc(F)cc1Cl. The molecular weight excluding hydrogens is 414 g/mol. The summed E-state index contributed by atoms with van der Waals surface area (Å²) in [5.41, 5.74) is 2.58. The highest BCUT2D eigenvalue weighted by Crippen LogP contribution is 2.37. The van der Waals surface area contributed by atoms with Gasteiger partial charge in [-0.1, -0.05) is 35.3 Å². The number of benzene rings is 2. The van der Waals surface area contributed by atoms with E-state index in [0.29, 0.717) is 46.8 Å². The number of pyridine rings is 1. The molecule has 0 fully saturated rings. The van der Waals surface area contributed by atoms with Crippen molar-refractivity contribution in [3.05, 3.63) is 87.4 Å². The topological polar surface area (TPSA) is 43.4 Å². The zero-order valence-electron chi connectivity index (χ0n) is 15.9. The summed E-state index contributed by atoms with van der Waals surface area (Å²) in [4.78, 5) is 4.29. The number of rotatable bonds is 9. The van der Waals surface area contributed by atoms with E-state index in [4.69, 9.17) is 32.7 Å². The number of ether oxygens (including phenoxy) is 2. The van der Waals surface area contributed by atoms with Gasteiger partial charge < -0.3 is 14.8 Å². The summed E-state index contributed by atoms with van der Waals surface area (Å²) < 4.78 is 24.8. The fraction of sp³-hybridized carbons (Fsp3) is 0.227. The molecule has 0 bridgehead atoms. The first kappa shape index (κ1) is 21.4. The summed E-state index contributed by atoms with van der Waals surface area (Å²) in [5, 5.41) is 4.07. The number of halogens is 3. The van der Waals surface area contributed by atoms with Crippen LogP contribution in [0.15, 0.2) is 54.7 Å². The zero-order chi connectivity index (χ0) is 20.6. The Bertz CT molecular complexity index is 955. The van der Waals surface area contributed by atoms with E-state index in [-0.39, 0.29) is 6.61 Å². The Morgan fingerprint density at radius 1 is 1.00 bits per heavy atom. The third kappa shape index (κ3) is 6.07. The van der Waals surface area contributed by atoms with Gasteiger partial charge in [-0.3, -0.25) is 4.98 Å². The summed E-state index contributed by atoms with van der Waals surface area (Å²) in [6.07, 6.45) is 1.76. The van der Waals surface area contributed by atoms with E-state index in [9.17, 15) is 4.39 Å². The fourth-order valence-electron chi connectivity index (χ4n) is 2.75. The molecule has 152 valence electrons. The van der Waals surface area contributed by atoms with Gasteiger partial charge in [0.1, 0.15) is 12.4 Å². The predicted molar refractivity (Wildman–Crippen MR) is 113 cm³/mol. The molecule has 0 saturated carbocycles. The van der Waals surface area contributed by atoms with Gasteiger partial charge in [0.2, 0.25) is 0 Å². The van der Waals surface area contributed by atoms with Gasteiger partial charge in [0.15, 0.2) is 11.5 Å². The molecule has 0 saturated heterocycles. The van der Waals surface area contributed by atoms with Crippen molar-refractivity contribution >= 4 is 23.2 Å². The average Bonchev–Trinajstić information content (AvgIpc) is 2.70. The van der Waals surface area contributed by atoms with Crippen LogP contribution >= 0.6 is 23.2 Å². The van der Waals surface area contributed by atoms with Gasteiger partial charge in [-0.2, -0.15) is 0 Å². The van der Waals surface area contributed by atoms with Crippen LogP contribution in [-0.4, -0.2) is 11.6 Å². The standard InChI is InChI=1S/C22H21Cl2FN2O2/c1-2-28-21-10-15(12-26-13-18-5-3-4-8-27-18)9-20(24)22(21)29-14-16-6-7-17(25)11-19(16)23/h3-11,26H,2,12-14H2,1H3. The molecule has 0 unspecified atom stereocenters. The number of hydrogen-bond acceptors (Lipinski definition) is 4. The van der Waals surface area contributed by atoms with Gasteiger partial charge in [0, 0.05) is 24.8 Å². The molecule has 7 heteroatoms. The van der Waals surface area contributed by atoms with Crippen molar-refractivity contribution in [3.63, 3.8) is 0 Å². The van der Waals surface area contributed by atoms with E-state index in [1.165, 1.54) is 12.1 Å². The van der Waals surface area contributed by atoms with Crippen molar-refractivity contribution in [1.82, 2.24) is 10.3 Å². The van der Waals surface area contributed by atoms with Crippen LogP contribution in [-0.2, 0) is 19.7 Å². The molecule has 0 atom stereocenters. The summed E-state index contributed by atoms with van der Waals surface area (Å²) in [7, 11) is 0. The van der Waals surface area contributed by atoms with E-state index in [1.54, 1.807) is 12.3 Å². The van der Waals surface area contributed by atoms with Crippen LogP contribution in [0.2, 0.25) is 10.0 Å². The highest BCUT2D eigenvalue weighted by atomic mass is 35.5. The van der Waals surface area contributed by atoms with Crippen molar-refractivity contribution < 1.29 is 13.9 Å². The van der Waals surface area contributed by atoms with Gasteiger partial charge in [-0.15, -0.1) is 0 Å². The summed E-state index contributed by atoms with van der Waals surface area (Å²) in [6, 6.07) is 13.7. The summed E-state index contributed by atoms with van der Waals surface area (Å²) in [5.74, 6) is 0.588. The molecule has 1 heterocycles. The van der Waals surface area contributed by atoms with Gasteiger partial charge in [0.05, 0.1) is 22.3 Å². The molecule has 29 heavy (non-hydrogen) atoms. The Hall–Kier alpha value is -2.34. The first-order chi connectivity index (χ1) is 14.1. The van der Waals surface area contributed by atoms with Crippen LogP contribution < -0.4 is 14.8 Å². The van der Waals surface area contributed by atoms with E-state index < -0.39 is 5.82 Å². The molecule has 4 nitrogen and oxygen atoms in total. The third-order valence-electron chi connectivity index (χ3n) is 4.12. The van der Waals surface area contributed by atoms with Crippen LogP contribution in [0.1, 0.15) is 23.7 Å². The van der Waals surface area contributed by atoms with E-state index in [1.807, 2.05) is 37.3 Å². The lowest BCUT2D eigenvalue weighted by atomic mass is 10.2. The lowest BCUT2D eigenvalue weighted by Crippen LogP contribution is -2.14. The minimum absolute atomic E-state index is 0.149. The molecule has 3 aromatic rings. The third-order valence-corrected chi connectivity index (χ3v) is 4.75. The minimum atomic E-state index is -0.394. The normalized spacial score (nSPS) is 10.8. The van der Waals surface area contributed by atoms with Gasteiger partial charge in [-0.25, -0.2) is 4.39 Å². The van der Waals surface area contributed by atoms with Crippen molar-refractivity contribution in [1.29, 1.82) is 0 Å². The zero-order valence-corrected chi connectivity index (χ0v) is 17.4. The lowest BCUT2D eigenvalue weighted by molar-refractivity contribution is 0.269. The first-order valence-corrected chi connectivity index (χ1v) is 9.95. The number of hydrogen-bond donors (Lipinski definition) is 1. The number of nitrogens with zero attached hydrogens (tertiary/aromatic N) is 1. The molecule has 3 rings (SSSR count). The monoisotopic (exact) mass is 434 g/mol. The maximum absolute atomic E-state index is 13.2. The molecule has 1 N–H and O–H groups in total. The Labute approximate surface area is 179 Å². The van der Waals surface area contributed by atoms with Crippen LogP contribution in [0.5, 0.6) is 11.5 Å². The van der Waals surface area contributed by atoms with Gasteiger partial charge in [-0.05, 0) is 48.9 Å². The highest BCUT2D eigenvalue weighted by Gasteiger charge is 2.14. The molecule has 0 radical (unpaired) electrons. The van der Waals surface area contributed by atoms with Gasteiger partial charge >= 0.3 is 0 Å². The van der Waals surface area contributed by atoms with E-state index >= 15 is 0 Å². The molecular formula is C22H21Cl2FN2O2. The van der Waals surface area contributed by atoms with E-state index in [2.05, 4.69) is 10.3 Å². The van der Waals surface area contributed by atoms with Crippen LogP contribution in [0.3, 0.4) is 0 Å². The largest absolute Gasteiger partial charge is 0.490 e. The number of aromatic nitrogens is 1. The van der Waals surface area contributed by atoms with Crippen molar-refractivity contribution in [3.8, 4) is 11.5 Å². The number of nitrogens with one attached hydrogen (secondary N) is 1. The van der Waals surface area contributed by atoms with Gasteiger partial charge in [0.25, 0.3) is 0 Å². The molecule has 0 aliphatic carbocycles. The summed E-state index contributed by atoms with van der Waals surface area (Å²) in [6.45, 7) is 3.75. The van der Waals surface area contributed by atoms with Crippen LogP contribution in [0.25, 0.3) is 0 Å². The van der Waals surface area contributed by atoms with E-state index in [0.717, 1.165) is 11.3 Å². The minimum Gasteiger partial charge on any atom is -0.490 e. The molecule has 0 amide bonds. The fourth-order valence-corrected chi connectivity index (χ4v) is 3.26. The average molecular weight is 435 g/mol. The first-order valence-electron chi connectivity index (χ1n) is 9.19. The van der Waals surface area contributed by atoms with Crippen molar-refractivity contribution in [2.75, 3.05) is 6.61 Å². The second kappa shape index (κ2) is 10.4. The summed E-state index contributed by atoms with van der Waals surface area (Å²) >= 11 is 12.5. The molecule has 1 aromatic heterocycles. The Kier molecular flexibility index (Phi) is 7.69. The Morgan fingerprint density at radius 2 is 1.86 bits per heavy atom. The maximum atomic E-state index is 13.2. The smallest absolute Gasteiger partial charge is 0.180 e. The molecule has 0 aliphatic rings. The van der Waals surface area contributed by atoms with Crippen LogP contribution in [0.4, 0.5) is 4.39 Å².